The lowest BCUT2D eigenvalue weighted by Gasteiger charge is -2.33. The third-order valence-corrected chi connectivity index (χ3v) is 4.47. The van der Waals surface area contributed by atoms with Crippen LogP contribution in [0.3, 0.4) is 0 Å². The van der Waals surface area contributed by atoms with Crippen LogP contribution in [-0.2, 0) is 6.54 Å². The molecule has 1 saturated heterocycles. The number of fused-ring (bicyclic) bond motifs is 1. The molecule has 3 aromatic rings. The van der Waals surface area contributed by atoms with Crippen molar-refractivity contribution in [2.24, 2.45) is 5.92 Å². The number of anilines is 1. The predicted octanol–water partition coefficient (Wildman–Crippen LogP) is 1.20. The number of piperidine rings is 1. The minimum Gasteiger partial charge on any atom is -0.355 e. The molecule has 4 heterocycles. The molecule has 0 unspecified atom stereocenters. The second-order valence-corrected chi connectivity index (χ2v) is 5.91. The van der Waals surface area contributed by atoms with Crippen molar-refractivity contribution >= 4 is 11.3 Å². The summed E-state index contributed by atoms with van der Waals surface area (Å²) in [6, 6.07) is 3.50. The Bertz CT molecular complexity index is 862. The second-order valence-electron chi connectivity index (χ2n) is 5.91. The van der Waals surface area contributed by atoms with Crippen LogP contribution in [0, 0.1) is 5.92 Å². The molecule has 4 rings (SSSR count). The van der Waals surface area contributed by atoms with Crippen molar-refractivity contribution in [2.45, 2.75) is 19.4 Å². The molecule has 0 spiro atoms. The topological polar surface area (TPSA) is 68.3 Å². The van der Waals surface area contributed by atoms with Gasteiger partial charge < -0.3 is 4.90 Å². The minimum atomic E-state index is 0.0214. The number of aromatic nitrogens is 5. The van der Waals surface area contributed by atoms with Gasteiger partial charge in [0.15, 0.2) is 5.82 Å². The first-order chi connectivity index (χ1) is 11.3. The van der Waals surface area contributed by atoms with Crippen molar-refractivity contribution in [3.05, 3.63) is 53.6 Å². The first-order valence-electron chi connectivity index (χ1n) is 7.85. The number of hydrogen-bond donors (Lipinski definition) is 0. The monoisotopic (exact) mass is 310 g/mol. The molecule has 0 radical (unpaired) electrons. The predicted molar refractivity (Wildman–Crippen MR) is 86.4 cm³/mol. The average Bonchev–Trinajstić information content (AvgIpc) is 3.06. The Morgan fingerprint density at radius 1 is 1.13 bits per heavy atom. The molecule has 0 atom stereocenters. The van der Waals surface area contributed by atoms with Gasteiger partial charge in [-0.15, -0.1) is 0 Å². The Hall–Kier alpha value is -2.70. The zero-order valence-electron chi connectivity index (χ0n) is 12.7. The van der Waals surface area contributed by atoms with E-state index in [2.05, 4.69) is 20.0 Å². The standard InChI is InChI=1S/C16H18N6O/c23-15-2-5-17-12-21(15)11-13-3-8-20(9-4-13)16-14-1-6-19-22(14)10-7-18-16/h1-2,5-7,10,12-13H,3-4,8-9,11H2. The molecule has 0 saturated carbocycles. The zero-order chi connectivity index (χ0) is 15.6. The molecule has 118 valence electrons. The summed E-state index contributed by atoms with van der Waals surface area (Å²) in [5.74, 6) is 1.49. The summed E-state index contributed by atoms with van der Waals surface area (Å²) in [4.78, 5) is 22.7. The quantitative estimate of drug-likeness (QED) is 0.727. The van der Waals surface area contributed by atoms with E-state index >= 15 is 0 Å². The summed E-state index contributed by atoms with van der Waals surface area (Å²) in [7, 11) is 0. The molecule has 0 aliphatic carbocycles. The molecule has 7 heteroatoms. The van der Waals surface area contributed by atoms with E-state index in [9.17, 15) is 4.79 Å². The summed E-state index contributed by atoms with van der Waals surface area (Å²) in [6.07, 6.45) is 10.7. The number of rotatable bonds is 3. The van der Waals surface area contributed by atoms with E-state index in [1.807, 2.05) is 16.8 Å². The van der Waals surface area contributed by atoms with Crippen molar-refractivity contribution in [1.29, 1.82) is 0 Å². The van der Waals surface area contributed by atoms with Crippen LogP contribution in [0.15, 0.2) is 48.0 Å². The fourth-order valence-electron chi connectivity index (χ4n) is 3.21. The first kappa shape index (κ1) is 13.9. The normalized spacial score (nSPS) is 16.1. The van der Waals surface area contributed by atoms with E-state index in [0.717, 1.165) is 43.8 Å². The highest BCUT2D eigenvalue weighted by Gasteiger charge is 2.22. The molecule has 0 aromatic carbocycles. The highest BCUT2D eigenvalue weighted by Crippen LogP contribution is 2.25. The van der Waals surface area contributed by atoms with Gasteiger partial charge >= 0.3 is 0 Å². The smallest absolute Gasteiger partial charge is 0.253 e. The maximum atomic E-state index is 11.8. The van der Waals surface area contributed by atoms with Gasteiger partial charge in [0.25, 0.3) is 5.56 Å². The van der Waals surface area contributed by atoms with Crippen LogP contribution in [0.1, 0.15) is 12.8 Å². The number of nitrogens with zero attached hydrogens (tertiary/aromatic N) is 6. The highest BCUT2D eigenvalue weighted by molar-refractivity contribution is 5.68. The van der Waals surface area contributed by atoms with Gasteiger partial charge in [-0.1, -0.05) is 0 Å². The summed E-state index contributed by atoms with van der Waals surface area (Å²) in [6.45, 7) is 2.62. The molecule has 1 fully saturated rings. The van der Waals surface area contributed by atoms with Crippen molar-refractivity contribution < 1.29 is 0 Å². The second kappa shape index (κ2) is 5.83. The van der Waals surface area contributed by atoms with Gasteiger partial charge in [0.05, 0.1) is 12.5 Å². The van der Waals surface area contributed by atoms with Crippen LogP contribution in [0.2, 0.25) is 0 Å². The van der Waals surface area contributed by atoms with Crippen LogP contribution in [0.4, 0.5) is 5.82 Å². The third-order valence-electron chi connectivity index (χ3n) is 4.47. The van der Waals surface area contributed by atoms with Gasteiger partial charge in [-0.05, 0) is 24.8 Å². The van der Waals surface area contributed by atoms with Gasteiger partial charge in [-0.25, -0.2) is 14.5 Å². The Kier molecular flexibility index (Phi) is 3.53. The Morgan fingerprint density at radius 2 is 2.00 bits per heavy atom. The maximum Gasteiger partial charge on any atom is 0.253 e. The summed E-state index contributed by atoms with van der Waals surface area (Å²) < 4.78 is 3.56. The fraction of sp³-hybridized carbons (Fsp3) is 0.375. The average molecular weight is 310 g/mol. The van der Waals surface area contributed by atoms with Gasteiger partial charge in [0.2, 0.25) is 0 Å². The van der Waals surface area contributed by atoms with Crippen LogP contribution in [-0.4, -0.2) is 37.2 Å². The molecular weight excluding hydrogens is 292 g/mol. The third kappa shape index (κ3) is 2.69. The highest BCUT2D eigenvalue weighted by atomic mass is 16.1. The van der Waals surface area contributed by atoms with Crippen LogP contribution in [0.5, 0.6) is 0 Å². The SMILES string of the molecule is O=c1ccncn1CC1CCN(c2nccn3nccc23)CC1. The molecule has 1 aliphatic rings. The molecule has 0 amide bonds. The maximum absolute atomic E-state index is 11.8. The molecular formula is C16H18N6O. The van der Waals surface area contributed by atoms with E-state index in [1.165, 1.54) is 6.07 Å². The van der Waals surface area contributed by atoms with E-state index in [4.69, 9.17) is 0 Å². The van der Waals surface area contributed by atoms with Crippen LogP contribution < -0.4 is 10.5 Å². The summed E-state index contributed by atoms with van der Waals surface area (Å²) in [5.41, 5.74) is 1.06. The molecule has 23 heavy (non-hydrogen) atoms. The molecule has 1 aliphatic heterocycles. The van der Waals surface area contributed by atoms with Crippen molar-refractivity contribution in [2.75, 3.05) is 18.0 Å². The Labute approximate surface area is 133 Å². The van der Waals surface area contributed by atoms with Gasteiger partial charge in [0.1, 0.15) is 5.52 Å². The van der Waals surface area contributed by atoms with Crippen molar-refractivity contribution in [1.82, 2.24) is 24.1 Å². The first-order valence-corrected chi connectivity index (χ1v) is 7.85. The molecule has 0 bridgehead atoms. The molecule has 3 aromatic heterocycles. The van der Waals surface area contributed by atoms with Crippen molar-refractivity contribution in [3.8, 4) is 0 Å². The Balaban J connectivity index is 1.46. The van der Waals surface area contributed by atoms with Gasteiger partial charge in [-0.2, -0.15) is 5.10 Å². The lowest BCUT2D eigenvalue weighted by Crippen LogP contribution is -2.37. The minimum absolute atomic E-state index is 0.0214. The lowest BCUT2D eigenvalue weighted by atomic mass is 9.96. The number of hydrogen-bond acceptors (Lipinski definition) is 5. The van der Waals surface area contributed by atoms with Crippen LogP contribution in [0.25, 0.3) is 5.52 Å². The molecule has 0 N–H and O–H groups in total. The van der Waals surface area contributed by atoms with Gasteiger partial charge in [0, 0.05) is 44.3 Å². The fourth-order valence-corrected chi connectivity index (χ4v) is 3.21. The van der Waals surface area contributed by atoms with Gasteiger partial charge in [-0.3, -0.25) is 9.36 Å². The van der Waals surface area contributed by atoms with E-state index < -0.39 is 0 Å². The van der Waals surface area contributed by atoms with Crippen molar-refractivity contribution in [3.63, 3.8) is 0 Å². The molecule has 7 nitrogen and oxygen atoms in total. The van der Waals surface area contributed by atoms with E-state index in [1.54, 1.807) is 29.5 Å². The zero-order valence-corrected chi connectivity index (χ0v) is 12.7. The van der Waals surface area contributed by atoms with E-state index in [-0.39, 0.29) is 5.56 Å². The lowest BCUT2D eigenvalue weighted by molar-refractivity contribution is 0.350. The summed E-state index contributed by atoms with van der Waals surface area (Å²) >= 11 is 0. The van der Waals surface area contributed by atoms with Crippen LogP contribution >= 0.6 is 0 Å². The Morgan fingerprint density at radius 3 is 2.83 bits per heavy atom. The largest absolute Gasteiger partial charge is 0.355 e. The van der Waals surface area contributed by atoms with E-state index in [0.29, 0.717) is 5.92 Å². The summed E-state index contributed by atoms with van der Waals surface area (Å²) in [5, 5.41) is 4.26.